The van der Waals surface area contributed by atoms with E-state index in [9.17, 15) is 19.2 Å². The zero-order valence-corrected chi connectivity index (χ0v) is 11.8. The molecular formula is C13H14N2O8. The zero-order valence-electron chi connectivity index (χ0n) is 11.8. The fraction of sp³-hybridized carbons (Fsp3) is 0.308. The third-order valence-electron chi connectivity index (χ3n) is 2.73. The minimum Gasteiger partial charge on any atom is -0.481 e. The number of carbonyl (C=O) groups is 4. The van der Waals surface area contributed by atoms with E-state index in [1.807, 2.05) is 0 Å². The smallest absolute Gasteiger partial charge is 0.309 e. The van der Waals surface area contributed by atoms with Gasteiger partial charge in [-0.3, -0.25) is 24.2 Å². The van der Waals surface area contributed by atoms with Gasteiger partial charge in [-0.25, -0.2) is 0 Å². The minimum absolute atomic E-state index is 0.0307. The fourth-order valence-corrected chi connectivity index (χ4v) is 1.86. The van der Waals surface area contributed by atoms with Gasteiger partial charge in [0.05, 0.1) is 31.4 Å². The Bertz CT molecular complexity index is 590. The van der Waals surface area contributed by atoms with Crippen molar-refractivity contribution in [1.82, 2.24) is 5.32 Å². The van der Waals surface area contributed by atoms with Crippen LogP contribution in [-0.2, 0) is 19.2 Å². The molecule has 0 aliphatic carbocycles. The number of hydrogen-bond donors (Lipinski definition) is 5. The number of nitrogens with one attached hydrogen (secondary N) is 1. The molecule has 1 aliphatic heterocycles. The summed E-state index contributed by atoms with van der Waals surface area (Å²) in [5, 5.41) is 38.0. The Morgan fingerprint density at radius 2 is 1.26 bits per heavy atom. The van der Waals surface area contributed by atoms with Crippen molar-refractivity contribution < 1.29 is 39.6 Å². The average Bonchev–Trinajstić information content (AvgIpc) is 2.50. The summed E-state index contributed by atoms with van der Waals surface area (Å²) in [6.07, 6.45) is -1.28. The predicted octanol–water partition coefficient (Wildman–Crippen LogP) is 0.0249. The normalized spacial score (nSPS) is 14.3. The van der Waals surface area contributed by atoms with Crippen molar-refractivity contribution in [3.8, 4) is 0 Å². The Kier molecular flexibility index (Phi) is 6.01. The molecule has 1 rings (SSSR count). The number of nitrogens with zero attached hydrogens (tertiary/aromatic N) is 1. The van der Waals surface area contributed by atoms with Crippen molar-refractivity contribution in [1.29, 1.82) is 0 Å². The molecule has 0 atom stereocenters. The van der Waals surface area contributed by atoms with Gasteiger partial charge in [0.15, 0.2) is 0 Å². The van der Waals surface area contributed by atoms with Gasteiger partial charge >= 0.3 is 23.9 Å². The van der Waals surface area contributed by atoms with Crippen LogP contribution in [0.25, 0.3) is 0 Å². The summed E-state index contributed by atoms with van der Waals surface area (Å²) < 4.78 is 0. The SMILES string of the molecule is O=C(O)CC1=C(CC(=O)O)NC(CC(=O)O)=C(CC(=O)O)N=C1. The van der Waals surface area contributed by atoms with Crippen molar-refractivity contribution in [3.05, 3.63) is 22.7 Å². The number of aliphatic carboxylic acids is 4. The zero-order chi connectivity index (χ0) is 17.6. The molecule has 0 amide bonds. The molecule has 0 aromatic carbocycles. The van der Waals surface area contributed by atoms with Crippen LogP contribution in [0.3, 0.4) is 0 Å². The Morgan fingerprint density at radius 1 is 0.783 bits per heavy atom. The lowest BCUT2D eigenvalue weighted by Crippen LogP contribution is -2.21. The highest BCUT2D eigenvalue weighted by molar-refractivity contribution is 5.90. The maximum Gasteiger partial charge on any atom is 0.309 e. The summed E-state index contributed by atoms with van der Waals surface area (Å²) in [5.74, 6) is -5.04. The summed E-state index contributed by atoms with van der Waals surface area (Å²) in [6, 6.07) is 0. The van der Waals surface area contributed by atoms with Crippen LogP contribution in [0.5, 0.6) is 0 Å². The second-order valence-corrected chi connectivity index (χ2v) is 4.59. The molecule has 0 aromatic rings. The lowest BCUT2D eigenvalue weighted by atomic mass is 10.1. The second kappa shape index (κ2) is 7.73. The van der Waals surface area contributed by atoms with Gasteiger partial charge in [0.25, 0.3) is 0 Å². The number of hydrogen-bond acceptors (Lipinski definition) is 6. The maximum absolute atomic E-state index is 10.9. The molecule has 1 heterocycles. The first-order valence-corrected chi connectivity index (χ1v) is 6.31. The van der Waals surface area contributed by atoms with Crippen molar-refractivity contribution in [2.75, 3.05) is 0 Å². The molecule has 5 N–H and O–H groups in total. The van der Waals surface area contributed by atoms with E-state index < -0.39 is 49.6 Å². The van der Waals surface area contributed by atoms with Crippen LogP contribution in [0.1, 0.15) is 25.7 Å². The van der Waals surface area contributed by atoms with E-state index in [4.69, 9.17) is 20.4 Å². The van der Waals surface area contributed by atoms with Gasteiger partial charge < -0.3 is 25.7 Å². The molecule has 10 heteroatoms. The van der Waals surface area contributed by atoms with Gasteiger partial charge in [-0.15, -0.1) is 0 Å². The van der Waals surface area contributed by atoms with E-state index in [0.717, 1.165) is 6.21 Å². The van der Waals surface area contributed by atoms with Gasteiger partial charge in [-0.05, 0) is 0 Å². The predicted molar refractivity (Wildman–Crippen MR) is 74.7 cm³/mol. The molecule has 0 radical (unpaired) electrons. The summed E-state index contributed by atoms with van der Waals surface area (Å²) in [5.41, 5.74) is -0.209. The van der Waals surface area contributed by atoms with Crippen molar-refractivity contribution >= 4 is 30.1 Å². The van der Waals surface area contributed by atoms with Gasteiger partial charge in [-0.2, -0.15) is 0 Å². The summed E-state index contributed by atoms with van der Waals surface area (Å²) >= 11 is 0. The minimum atomic E-state index is -1.28. The molecule has 0 aromatic heterocycles. The molecular weight excluding hydrogens is 312 g/mol. The first kappa shape index (κ1) is 17.9. The lowest BCUT2D eigenvalue weighted by molar-refractivity contribution is -0.137. The van der Waals surface area contributed by atoms with Crippen molar-refractivity contribution in [2.45, 2.75) is 25.7 Å². The summed E-state index contributed by atoms with van der Waals surface area (Å²) in [6.45, 7) is 0. The molecule has 1 aliphatic rings. The van der Waals surface area contributed by atoms with Gasteiger partial charge in [-0.1, -0.05) is 0 Å². The van der Waals surface area contributed by atoms with Crippen LogP contribution in [0.15, 0.2) is 27.7 Å². The molecule has 0 saturated carbocycles. The average molecular weight is 326 g/mol. The third-order valence-corrected chi connectivity index (χ3v) is 2.73. The summed E-state index contributed by atoms with van der Waals surface area (Å²) in [4.78, 5) is 47.3. The first-order valence-electron chi connectivity index (χ1n) is 6.31. The lowest BCUT2D eigenvalue weighted by Gasteiger charge is -2.14. The van der Waals surface area contributed by atoms with Crippen LogP contribution in [0, 0.1) is 0 Å². The first-order chi connectivity index (χ1) is 10.7. The van der Waals surface area contributed by atoms with E-state index in [1.54, 1.807) is 0 Å². The van der Waals surface area contributed by atoms with Gasteiger partial charge in [0, 0.05) is 23.2 Å². The van der Waals surface area contributed by atoms with E-state index in [2.05, 4.69) is 10.3 Å². The molecule has 124 valence electrons. The molecule has 0 unspecified atom stereocenters. The number of carboxylic acid groups (broad SMARTS) is 4. The number of rotatable bonds is 8. The van der Waals surface area contributed by atoms with Crippen LogP contribution < -0.4 is 5.32 Å². The van der Waals surface area contributed by atoms with Crippen molar-refractivity contribution in [3.63, 3.8) is 0 Å². The van der Waals surface area contributed by atoms with E-state index in [1.165, 1.54) is 0 Å². The van der Waals surface area contributed by atoms with Gasteiger partial charge in [0.1, 0.15) is 0 Å². The Balaban J connectivity index is 3.29. The number of carboxylic acids is 4. The molecule has 23 heavy (non-hydrogen) atoms. The largest absolute Gasteiger partial charge is 0.481 e. The Morgan fingerprint density at radius 3 is 1.74 bits per heavy atom. The highest BCUT2D eigenvalue weighted by Crippen LogP contribution is 2.21. The third kappa shape index (κ3) is 5.99. The molecule has 0 spiro atoms. The molecule has 0 bridgehead atoms. The molecule has 0 fully saturated rings. The van der Waals surface area contributed by atoms with Crippen LogP contribution >= 0.6 is 0 Å². The van der Waals surface area contributed by atoms with Crippen LogP contribution in [0.2, 0.25) is 0 Å². The highest BCUT2D eigenvalue weighted by Gasteiger charge is 2.21. The van der Waals surface area contributed by atoms with E-state index in [0.29, 0.717) is 0 Å². The van der Waals surface area contributed by atoms with Crippen LogP contribution in [-0.4, -0.2) is 50.5 Å². The highest BCUT2D eigenvalue weighted by atomic mass is 16.4. The standard InChI is InChI=1S/C13H14N2O8/c16-10(17)1-6-5-14-8(3-12(20)21)9(4-13(22)23)15-7(6)2-11(18)19/h5,15H,1-4H2,(H,16,17)(H,18,19)(H,20,21)(H,22,23). The van der Waals surface area contributed by atoms with Crippen molar-refractivity contribution in [2.24, 2.45) is 4.99 Å². The van der Waals surface area contributed by atoms with E-state index >= 15 is 0 Å². The Labute approximate surface area is 129 Å². The van der Waals surface area contributed by atoms with Crippen LogP contribution in [0.4, 0.5) is 0 Å². The topological polar surface area (TPSA) is 174 Å². The summed E-state index contributed by atoms with van der Waals surface area (Å²) in [7, 11) is 0. The maximum atomic E-state index is 10.9. The molecule has 10 nitrogen and oxygen atoms in total. The Hall–Kier alpha value is -3.17. The quantitative estimate of drug-likeness (QED) is 0.412. The molecule has 0 saturated heterocycles. The second-order valence-electron chi connectivity index (χ2n) is 4.59. The monoisotopic (exact) mass is 326 g/mol. The van der Waals surface area contributed by atoms with E-state index in [-0.39, 0.29) is 22.7 Å². The number of aliphatic imine (C=N–C) groups is 1. The van der Waals surface area contributed by atoms with Gasteiger partial charge in [0.2, 0.25) is 0 Å². The fourth-order valence-electron chi connectivity index (χ4n) is 1.86.